The molecule has 0 saturated carbocycles. The molecule has 3 rings (SSSR count). The summed E-state index contributed by atoms with van der Waals surface area (Å²) in [6.45, 7) is 0.302. The van der Waals surface area contributed by atoms with Gasteiger partial charge < -0.3 is 24.1 Å². The van der Waals surface area contributed by atoms with Crippen LogP contribution in [-0.2, 0) is 20.7 Å². The van der Waals surface area contributed by atoms with Crippen LogP contribution in [0.25, 0.3) is 6.08 Å². The molecule has 3 atom stereocenters. The van der Waals surface area contributed by atoms with E-state index in [1.165, 1.54) is 6.92 Å². The van der Waals surface area contributed by atoms with Gasteiger partial charge in [0.1, 0.15) is 17.7 Å². The summed E-state index contributed by atoms with van der Waals surface area (Å²) in [6, 6.07) is 1.16. The molecule has 1 saturated heterocycles. The zero-order valence-corrected chi connectivity index (χ0v) is 18.6. The zero-order valence-electron chi connectivity index (χ0n) is 18.6. The van der Waals surface area contributed by atoms with Crippen molar-refractivity contribution < 1.29 is 55.2 Å². The number of aryl methyl sites for hydroxylation is 1. The molecule has 1 aromatic carbocycles. The maximum Gasteiger partial charge on any atom is 0.573 e. The van der Waals surface area contributed by atoms with E-state index in [2.05, 4.69) is 15.6 Å². The first kappa shape index (κ1) is 27.5. The van der Waals surface area contributed by atoms with Crippen LogP contribution in [0.2, 0.25) is 0 Å². The second-order valence-electron chi connectivity index (χ2n) is 7.72. The van der Waals surface area contributed by atoms with E-state index in [4.69, 9.17) is 14.2 Å². The number of nitrogens with one attached hydrogen (secondary N) is 1. The Bertz CT molecular complexity index is 1000. The standard InChI is InChI=1S/C20H21F6N3O7/c1-2-10-5-13(36-20(24,25)26)6-11-7-14(17(19(21,22)23)35-16(10)11)18(31)34-9-33-15-4-3-12(8-30)29(15)27-28-32/h5-7,12,15,17,30H,2-4,8-9H2,1H3,(H,27,32)/t12-,15?,17?/m0/s1. The number of hydrazine groups is 1. The highest BCUT2D eigenvalue weighted by Crippen LogP contribution is 2.42. The van der Waals surface area contributed by atoms with Gasteiger partial charge in [-0.2, -0.15) is 18.2 Å². The largest absolute Gasteiger partial charge is 0.573 e. The van der Waals surface area contributed by atoms with Crippen LogP contribution in [0.15, 0.2) is 23.0 Å². The molecular weight excluding hydrogens is 508 g/mol. The number of alkyl halides is 6. The molecule has 1 fully saturated rings. The van der Waals surface area contributed by atoms with Crippen LogP contribution in [0, 0.1) is 4.91 Å². The molecule has 2 heterocycles. The summed E-state index contributed by atoms with van der Waals surface area (Å²) < 4.78 is 98.1. The number of esters is 1. The number of benzene rings is 1. The third-order valence-corrected chi connectivity index (χ3v) is 5.41. The lowest BCUT2D eigenvalue weighted by Crippen LogP contribution is -2.46. The van der Waals surface area contributed by atoms with Crippen LogP contribution < -0.4 is 15.0 Å². The molecule has 2 aliphatic rings. The van der Waals surface area contributed by atoms with Crippen molar-refractivity contribution in [2.24, 2.45) is 5.29 Å². The normalized spacial score (nSPS) is 22.3. The highest BCUT2D eigenvalue weighted by Gasteiger charge is 2.49. The minimum Gasteiger partial charge on any atom is -0.475 e. The Morgan fingerprint density at radius 2 is 1.97 bits per heavy atom. The molecular formula is C20H21F6N3O7. The number of carbonyl (C=O) groups excluding carboxylic acids is 1. The zero-order chi connectivity index (χ0) is 26.7. The van der Waals surface area contributed by atoms with Crippen molar-refractivity contribution in [3.63, 3.8) is 0 Å². The van der Waals surface area contributed by atoms with Crippen LogP contribution in [0.3, 0.4) is 0 Å². The Morgan fingerprint density at radius 1 is 1.25 bits per heavy atom. The first-order valence-corrected chi connectivity index (χ1v) is 10.5. The van der Waals surface area contributed by atoms with Gasteiger partial charge in [-0.25, -0.2) is 10.3 Å². The van der Waals surface area contributed by atoms with E-state index in [0.717, 1.165) is 23.2 Å². The van der Waals surface area contributed by atoms with E-state index in [1.54, 1.807) is 0 Å². The number of fused-ring (bicyclic) bond motifs is 1. The van der Waals surface area contributed by atoms with Crippen molar-refractivity contribution in [2.45, 2.75) is 57.1 Å². The van der Waals surface area contributed by atoms with Gasteiger partial charge >= 0.3 is 18.5 Å². The van der Waals surface area contributed by atoms with Gasteiger partial charge in [-0.1, -0.05) is 6.92 Å². The second-order valence-corrected chi connectivity index (χ2v) is 7.72. The van der Waals surface area contributed by atoms with Gasteiger partial charge in [-0.05, 0) is 43.0 Å². The van der Waals surface area contributed by atoms with Crippen molar-refractivity contribution >= 4 is 12.0 Å². The lowest BCUT2D eigenvalue weighted by atomic mass is 9.97. The van der Waals surface area contributed by atoms with Crippen LogP contribution in [0.4, 0.5) is 26.3 Å². The molecule has 0 aromatic heterocycles. The van der Waals surface area contributed by atoms with Crippen LogP contribution in [0.5, 0.6) is 11.5 Å². The van der Waals surface area contributed by atoms with Gasteiger partial charge in [0.15, 0.2) is 6.79 Å². The molecule has 200 valence electrons. The Morgan fingerprint density at radius 3 is 2.56 bits per heavy atom. The smallest absolute Gasteiger partial charge is 0.475 e. The molecule has 0 aliphatic carbocycles. The number of halogens is 6. The number of hydrogen-bond donors (Lipinski definition) is 2. The Kier molecular flexibility index (Phi) is 8.30. The van der Waals surface area contributed by atoms with Crippen molar-refractivity contribution in [1.29, 1.82) is 0 Å². The summed E-state index contributed by atoms with van der Waals surface area (Å²) in [4.78, 5) is 23.0. The highest BCUT2D eigenvalue weighted by molar-refractivity contribution is 5.96. The molecule has 0 spiro atoms. The average Bonchev–Trinajstić information content (AvgIpc) is 3.17. The number of aliphatic hydroxyl groups excluding tert-OH is 1. The second kappa shape index (κ2) is 10.9. The fraction of sp³-hybridized carbons (Fsp3) is 0.550. The molecule has 2 aliphatic heterocycles. The number of nitroso groups, excluding NO2 is 1. The number of carbonyl (C=O) groups is 1. The summed E-state index contributed by atoms with van der Waals surface area (Å²) in [5, 5.41) is 12.9. The van der Waals surface area contributed by atoms with Crippen LogP contribution in [0.1, 0.15) is 30.9 Å². The molecule has 1 aromatic rings. The summed E-state index contributed by atoms with van der Waals surface area (Å²) in [7, 11) is 0. The van der Waals surface area contributed by atoms with Crippen LogP contribution >= 0.6 is 0 Å². The van der Waals surface area contributed by atoms with E-state index in [1.807, 2.05) is 0 Å². The van der Waals surface area contributed by atoms with E-state index >= 15 is 0 Å². The van der Waals surface area contributed by atoms with Gasteiger partial charge in [-0.15, -0.1) is 18.1 Å². The topological polar surface area (TPSA) is 119 Å². The Hall–Kier alpha value is -3.11. The molecule has 0 radical (unpaired) electrons. The number of aliphatic hydroxyl groups is 1. The predicted octanol–water partition coefficient (Wildman–Crippen LogP) is 3.34. The predicted molar refractivity (Wildman–Crippen MR) is 108 cm³/mol. The number of hydrogen-bond acceptors (Lipinski definition) is 9. The minimum absolute atomic E-state index is 0.00375. The third kappa shape index (κ3) is 6.36. The fourth-order valence-electron chi connectivity index (χ4n) is 3.86. The van der Waals surface area contributed by atoms with Gasteiger partial charge in [-0.3, -0.25) is 0 Å². The number of rotatable bonds is 9. The maximum atomic E-state index is 13.7. The quantitative estimate of drug-likeness (QED) is 0.163. The van der Waals surface area contributed by atoms with E-state index in [9.17, 15) is 41.2 Å². The number of ether oxygens (including phenoxy) is 4. The molecule has 0 amide bonds. The monoisotopic (exact) mass is 529 g/mol. The van der Waals surface area contributed by atoms with Gasteiger partial charge in [0.05, 0.1) is 23.5 Å². The summed E-state index contributed by atoms with van der Waals surface area (Å²) >= 11 is 0. The fourth-order valence-corrected chi connectivity index (χ4v) is 3.86. The Balaban J connectivity index is 1.82. The lowest BCUT2D eigenvalue weighted by molar-refractivity contribution is -0.274. The summed E-state index contributed by atoms with van der Waals surface area (Å²) in [5.41, 5.74) is 0.817. The van der Waals surface area contributed by atoms with Crippen LogP contribution in [-0.4, -0.2) is 60.4 Å². The molecule has 16 heteroatoms. The maximum absolute atomic E-state index is 13.7. The molecule has 2 unspecified atom stereocenters. The van der Waals surface area contributed by atoms with Gasteiger partial charge in [0.25, 0.3) is 0 Å². The SMILES string of the molecule is CCc1cc(OC(F)(F)F)cc2c1OC(C(F)(F)F)C(C(=O)OCOC1CC[C@@H](CO)N1NN=O)=C2. The van der Waals surface area contributed by atoms with E-state index in [0.29, 0.717) is 6.42 Å². The Labute approximate surface area is 199 Å². The van der Waals surface area contributed by atoms with E-state index < -0.39 is 55.0 Å². The molecule has 0 bridgehead atoms. The lowest BCUT2D eigenvalue weighted by Gasteiger charge is -2.30. The summed E-state index contributed by atoms with van der Waals surface area (Å²) in [5.74, 6) is -2.53. The van der Waals surface area contributed by atoms with Crippen molar-refractivity contribution in [1.82, 2.24) is 10.5 Å². The van der Waals surface area contributed by atoms with Crippen molar-refractivity contribution in [3.8, 4) is 11.5 Å². The van der Waals surface area contributed by atoms with Crippen molar-refractivity contribution in [2.75, 3.05) is 13.4 Å². The third-order valence-electron chi connectivity index (χ3n) is 5.41. The van der Waals surface area contributed by atoms with Gasteiger partial charge in [0.2, 0.25) is 6.10 Å². The first-order valence-electron chi connectivity index (χ1n) is 10.5. The van der Waals surface area contributed by atoms with Crippen molar-refractivity contribution in [3.05, 3.63) is 33.7 Å². The molecule has 10 nitrogen and oxygen atoms in total. The first-order chi connectivity index (χ1) is 16.9. The van der Waals surface area contributed by atoms with Gasteiger partial charge in [0, 0.05) is 5.56 Å². The van der Waals surface area contributed by atoms with E-state index in [-0.39, 0.29) is 36.3 Å². The molecule has 36 heavy (non-hydrogen) atoms. The molecule has 2 N–H and O–H groups in total. The minimum atomic E-state index is -5.06. The number of nitrogens with zero attached hydrogens (tertiary/aromatic N) is 2. The average molecular weight is 529 g/mol. The highest BCUT2D eigenvalue weighted by atomic mass is 19.4. The summed E-state index contributed by atoms with van der Waals surface area (Å²) in [6.07, 6.45) is -12.4.